The van der Waals surface area contributed by atoms with Crippen molar-refractivity contribution in [3.05, 3.63) is 29.6 Å². The third-order valence-electron chi connectivity index (χ3n) is 6.59. The lowest BCUT2D eigenvalue weighted by Crippen LogP contribution is -2.47. The van der Waals surface area contributed by atoms with Gasteiger partial charge >= 0.3 is 0 Å². The molecule has 2 aliphatic heterocycles. The standard InChI is InChI=1S/C23H33N5O3S2/c1-5-33(30,31)20-7-6-17(14-16(20)4)24-19-10-13-28(22(19)29)18-8-11-27(12-9-18)23-25-21(15(2)3)26-32-23/h6-7,14-15,18-19,24H,5,8-13H2,1-4H3/t19-/m0/s1. The van der Waals surface area contributed by atoms with Crippen LogP contribution in [0.2, 0.25) is 0 Å². The third kappa shape index (κ3) is 5.01. The number of sulfone groups is 1. The van der Waals surface area contributed by atoms with Gasteiger partial charge in [0, 0.05) is 48.8 Å². The molecule has 180 valence electrons. The molecule has 1 aromatic heterocycles. The van der Waals surface area contributed by atoms with Crippen molar-refractivity contribution < 1.29 is 13.2 Å². The summed E-state index contributed by atoms with van der Waals surface area (Å²) in [6.45, 7) is 10.2. The number of benzene rings is 1. The Morgan fingerprint density at radius 2 is 1.91 bits per heavy atom. The highest BCUT2D eigenvalue weighted by atomic mass is 32.2. The minimum atomic E-state index is -3.25. The lowest BCUT2D eigenvalue weighted by Gasteiger charge is -2.36. The number of aryl methyl sites for hydroxylation is 1. The summed E-state index contributed by atoms with van der Waals surface area (Å²) in [5, 5.41) is 4.31. The Morgan fingerprint density at radius 3 is 2.52 bits per heavy atom. The van der Waals surface area contributed by atoms with Gasteiger partial charge in [0.05, 0.1) is 10.6 Å². The highest BCUT2D eigenvalue weighted by molar-refractivity contribution is 7.91. The Bertz CT molecular complexity index is 1110. The van der Waals surface area contributed by atoms with E-state index in [-0.39, 0.29) is 23.7 Å². The molecular formula is C23H33N5O3S2. The van der Waals surface area contributed by atoms with E-state index in [1.807, 2.05) is 11.0 Å². The van der Waals surface area contributed by atoms with Crippen LogP contribution in [0.15, 0.2) is 23.1 Å². The fraction of sp³-hybridized carbons (Fsp3) is 0.609. The van der Waals surface area contributed by atoms with Crippen molar-refractivity contribution in [2.45, 2.75) is 69.9 Å². The van der Waals surface area contributed by atoms with Crippen molar-refractivity contribution in [2.24, 2.45) is 0 Å². The number of anilines is 2. The molecule has 0 radical (unpaired) electrons. The van der Waals surface area contributed by atoms with Gasteiger partial charge in [-0.3, -0.25) is 4.79 Å². The molecule has 10 heteroatoms. The number of carbonyl (C=O) groups is 1. The van der Waals surface area contributed by atoms with Gasteiger partial charge in [0.15, 0.2) is 9.84 Å². The number of rotatable bonds is 7. The van der Waals surface area contributed by atoms with Crippen molar-refractivity contribution in [1.82, 2.24) is 14.3 Å². The molecule has 0 saturated carbocycles. The van der Waals surface area contributed by atoms with Gasteiger partial charge in [0.25, 0.3) is 0 Å². The number of nitrogens with one attached hydrogen (secondary N) is 1. The Hall–Kier alpha value is -2.20. The molecule has 2 aliphatic rings. The summed E-state index contributed by atoms with van der Waals surface area (Å²) < 4.78 is 28.9. The van der Waals surface area contributed by atoms with Crippen molar-refractivity contribution in [1.29, 1.82) is 0 Å². The Balaban J connectivity index is 1.34. The molecule has 0 bridgehead atoms. The Labute approximate surface area is 200 Å². The van der Waals surface area contributed by atoms with Gasteiger partial charge in [-0.15, -0.1) is 0 Å². The van der Waals surface area contributed by atoms with Gasteiger partial charge in [-0.2, -0.15) is 4.37 Å². The molecule has 33 heavy (non-hydrogen) atoms. The fourth-order valence-corrected chi connectivity index (χ4v) is 6.60. The van der Waals surface area contributed by atoms with E-state index in [0.717, 1.165) is 55.5 Å². The van der Waals surface area contributed by atoms with Crippen LogP contribution in [0, 0.1) is 6.92 Å². The highest BCUT2D eigenvalue weighted by Crippen LogP contribution is 2.29. The van der Waals surface area contributed by atoms with E-state index in [1.54, 1.807) is 26.0 Å². The van der Waals surface area contributed by atoms with Crippen LogP contribution in [-0.2, 0) is 14.6 Å². The quantitative estimate of drug-likeness (QED) is 0.634. The zero-order valence-corrected chi connectivity index (χ0v) is 21.4. The SMILES string of the molecule is CCS(=O)(=O)c1ccc(N[C@H]2CCN(C3CCN(c4nc(C(C)C)ns4)CC3)C2=O)cc1C. The van der Waals surface area contributed by atoms with Crippen LogP contribution >= 0.6 is 11.5 Å². The molecule has 1 N–H and O–H groups in total. The molecule has 2 fully saturated rings. The molecule has 4 rings (SSSR count). The highest BCUT2D eigenvalue weighted by Gasteiger charge is 2.37. The van der Waals surface area contributed by atoms with E-state index >= 15 is 0 Å². The molecule has 0 spiro atoms. The molecular weight excluding hydrogens is 458 g/mol. The molecule has 8 nitrogen and oxygen atoms in total. The average molecular weight is 492 g/mol. The van der Waals surface area contributed by atoms with E-state index in [0.29, 0.717) is 16.4 Å². The normalized spacial score (nSPS) is 20.2. The van der Waals surface area contributed by atoms with Gasteiger partial charge in [-0.05, 0) is 49.9 Å². The first-order valence-electron chi connectivity index (χ1n) is 11.7. The Kier molecular flexibility index (Phi) is 6.95. The summed E-state index contributed by atoms with van der Waals surface area (Å²) in [6.07, 6.45) is 2.61. The number of piperidine rings is 1. The molecule has 0 unspecified atom stereocenters. The van der Waals surface area contributed by atoms with Crippen LogP contribution in [0.3, 0.4) is 0 Å². The topological polar surface area (TPSA) is 95.5 Å². The first-order valence-corrected chi connectivity index (χ1v) is 14.1. The second-order valence-corrected chi connectivity index (χ2v) is 12.2. The summed E-state index contributed by atoms with van der Waals surface area (Å²) in [4.78, 5) is 22.5. The number of likely N-dealkylation sites (tertiary alicyclic amines) is 1. The molecule has 1 amide bonds. The lowest BCUT2D eigenvalue weighted by atomic mass is 10.0. The number of carbonyl (C=O) groups excluding carboxylic acids is 1. The van der Waals surface area contributed by atoms with E-state index < -0.39 is 9.84 Å². The first kappa shape index (κ1) is 23.9. The predicted octanol–water partition coefficient (Wildman–Crippen LogP) is 3.45. The van der Waals surface area contributed by atoms with Crippen molar-refractivity contribution in [2.75, 3.05) is 35.6 Å². The van der Waals surface area contributed by atoms with E-state index in [1.165, 1.54) is 11.5 Å². The minimum absolute atomic E-state index is 0.0768. The zero-order valence-electron chi connectivity index (χ0n) is 19.7. The summed E-state index contributed by atoms with van der Waals surface area (Å²) in [5.74, 6) is 1.44. The van der Waals surface area contributed by atoms with Crippen LogP contribution in [-0.4, -0.2) is 66.1 Å². The first-order chi connectivity index (χ1) is 15.7. The fourth-order valence-electron chi connectivity index (χ4n) is 4.60. The second kappa shape index (κ2) is 9.58. The van der Waals surface area contributed by atoms with Gasteiger partial charge in [-0.25, -0.2) is 13.4 Å². The maximum absolute atomic E-state index is 13.1. The van der Waals surface area contributed by atoms with Crippen LogP contribution in [0.5, 0.6) is 0 Å². The predicted molar refractivity (Wildman–Crippen MR) is 132 cm³/mol. The number of hydrogen-bond acceptors (Lipinski definition) is 8. The summed E-state index contributed by atoms with van der Waals surface area (Å²) >= 11 is 1.46. The van der Waals surface area contributed by atoms with Crippen LogP contribution in [0.1, 0.15) is 57.3 Å². The number of nitrogens with zero attached hydrogens (tertiary/aromatic N) is 4. The molecule has 2 aromatic rings. The average Bonchev–Trinajstić information content (AvgIpc) is 3.42. The molecule has 0 aliphatic carbocycles. The van der Waals surface area contributed by atoms with Gasteiger partial charge in [0.2, 0.25) is 11.0 Å². The van der Waals surface area contributed by atoms with Crippen molar-refractivity contribution >= 4 is 38.1 Å². The molecule has 2 saturated heterocycles. The number of hydrogen-bond donors (Lipinski definition) is 1. The maximum atomic E-state index is 13.1. The summed E-state index contributed by atoms with van der Waals surface area (Å²) in [7, 11) is -3.25. The van der Waals surface area contributed by atoms with Gasteiger partial charge < -0.3 is 15.1 Å². The minimum Gasteiger partial charge on any atom is -0.374 e. The van der Waals surface area contributed by atoms with Crippen LogP contribution in [0.25, 0.3) is 0 Å². The third-order valence-corrected chi connectivity index (χ3v) is 9.27. The van der Waals surface area contributed by atoms with E-state index in [2.05, 4.69) is 33.4 Å². The van der Waals surface area contributed by atoms with Crippen molar-refractivity contribution in [3.8, 4) is 0 Å². The lowest BCUT2D eigenvalue weighted by molar-refractivity contribution is -0.130. The monoisotopic (exact) mass is 491 g/mol. The number of amides is 1. The maximum Gasteiger partial charge on any atom is 0.245 e. The summed E-state index contributed by atoms with van der Waals surface area (Å²) in [6, 6.07) is 5.20. The zero-order chi connectivity index (χ0) is 23.8. The molecule has 1 atom stereocenters. The molecule has 3 heterocycles. The molecule has 1 aromatic carbocycles. The second-order valence-electron chi connectivity index (χ2n) is 9.21. The number of aromatic nitrogens is 2. The van der Waals surface area contributed by atoms with E-state index in [4.69, 9.17) is 0 Å². The van der Waals surface area contributed by atoms with Gasteiger partial charge in [-0.1, -0.05) is 20.8 Å². The largest absolute Gasteiger partial charge is 0.374 e. The summed E-state index contributed by atoms with van der Waals surface area (Å²) in [5.41, 5.74) is 1.49. The van der Waals surface area contributed by atoms with Crippen LogP contribution in [0.4, 0.5) is 10.8 Å². The smallest absolute Gasteiger partial charge is 0.245 e. The van der Waals surface area contributed by atoms with Gasteiger partial charge in [0.1, 0.15) is 11.9 Å². The van der Waals surface area contributed by atoms with E-state index in [9.17, 15) is 13.2 Å². The van der Waals surface area contributed by atoms with Crippen molar-refractivity contribution in [3.63, 3.8) is 0 Å². The van der Waals surface area contributed by atoms with Crippen LogP contribution < -0.4 is 10.2 Å². The Morgan fingerprint density at radius 1 is 1.18 bits per heavy atom.